The number of aromatic hydroxyl groups is 1. The van der Waals surface area contributed by atoms with Gasteiger partial charge < -0.3 is 10.8 Å². The summed E-state index contributed by atoms with van der Waals surface area (Å²) in [4.78, 5) is -0.212. The van der Waals surface area contributed by atoms with E-state index in [9.17, 15) is 13.5 Å². The van der Waals surface area contributed by atoms with Crippen LogP contribution in [0.3, 0.4) is 0 Å². The van der Waals surface area contributed by atoms with Crippen molar-refractivity contribution in [1.82, 2.24) is 0 Å². The molecule has 100 valence electrons. The van der Waals surface area contributed by atoms with Gasteiger partial charge in [-0.1, -0.05) is 30.9 Å². The van der Waals surface area contributed by atoms with Crippen molar-refractivity contribution >= 4 is 27.1 Å². The molecule has 1 aliphatic rings. The van der Waals surface area contributed by atoms with Crippen LogP contribution < -0.4 is 5.73 Å². The van der Waals surface area contributed by atoms with Crippen molar-refractivity contribution in [3.05, 3.63) is 17.2 Å². The van der Waals surface area contributed by atoms with Crippen molar-refractivity contribution in [2.24, 2.45) is 0 Å². The lowest BCUT2D eigenvalue weighted by Crippen LogP contribution is -2.24. The van der Waals surface area contributed by atoms with E-state index in [-0.39, 0.29) is 15.6 Å². The Morgan fingerprint density at radius 1 is 1.22 bits per heavy atom. The molecule has 0 amide bonds. The number of nitrogen functional groups attached to an aromatic ring is 1. The number of phenolic OH excluding ortho intramolecular Hbond substituents is 1. The summed E-state index contributed by atoms with van der Waals surface area (Å²) in [6.45, 7) is 0. The Morgan fingerprint density at radius 2 is 1.83 bits per heavy atom. The van der Waals surface area contributed by atoms with Crippen LogP contribution in [-0.4, -0.2) is 18.8 Å². The maximum absolute atomic E-state index is 12.5. The molecule has 1 saturated carbocycles. The van der Waals surface area contributed by atoms with Crippen molar-refractivity contribution in [2.75, 3.05) is 5.73 Å². The van der Waals surface area contributed by atoms with Gasteiger partial charge >= 0.3 is 0 Å². The van der Waals surface area contributed by atoms with Crippen LogP contribution in [0, 0.1) is 0 Å². The number of halogens is 1. The number of phenols is 1. The van der Waals surface area contributed by atoms with E-state index in [1.807, 2.05) is 0 Å². The topological polar surface area (TPSA) is 80.4 Å². The Bertz CT molecular complexity index is 551. The maximum Gasteiger partial charge on any atom is 0.186 e. The first-order valence-electron chi connectivity index (χ1n) is 5.95. The maximum atomic E-state index is 12.5. The van der Waals surface area contributed by atoms with Crippen LogP contribution in [0.2, 0.25) is 5.02 Å². The van der Waals surface area contributed by atoms with Crippen molar-refractivity contribution in [2.45, 2.75) is 42.2 Å². The van der Waals surface area contributed by atoms with Crippen molar-refractivity contribution in [3.63, 3.8) is 0 Å². The normalized spacial score (nSPS) is 17.8. The number of anilines is 1. The van der Waals surface area contributed by atoms with Crippen LogP contribution in [-0.2, 0) is 9.84 Å². The van der Waals surface area contributed by atoms with E-state index < -0.39 is 20.8 Å². The van der Waals surface area contributed by atoms with E-state index in [0.29, 0.717) is 12.8 Å². The lowest BCUT2D eigenvalue weighted by molar-refractivity contribution is 0.454. The highest BCUT2D eigenvalue weighted by Crippen LogP contribution is 2.39. The predicted octanol–water partition coefficient (Wildman–Crippen LogP) is 2.73. The minimum absolute atomic E-state index is 0.0345. The summed E-state index contributed by atoms with van der Waals surface area (Å²) in [6, 6.07) is 2.81. The van der Waals surface area contributed by atoms with Gasteiger partial charge in [0.1, 0.15) is 4.90 Å². The van der Waals surface area contributed by atoms with Crippen molar-refractivity contribution in [3.8, 4) is 5.75 Å². The highest BCUT2D eigenvalue weighted by molar-refractivity contribution is 7.92. The molecule has 0 aliphatic heterocycles. The summed E-state index contributed by atoms with van der Waals surface area (Å²) in [6.07, 6.45) is 4.08. The van der Waals surface area contributed by atoms with E-state index in [1.54, 1.807) is 0 Å². The van der Waals surface area contributed by atoms with Gasteiger partial charge in [-0.25, -0.2) is 8.42 Å². The summed E-state index contributed by atoms with van der Waals surface area (Å²) in [7, 11) is -3.61. The summed E-state index contributed by atoms with van der Waals surface area (Å²) >= 11 is 5.91. The first kappa shape index (κ1) is 13.5. The second-order valence-corrected chi connectivity index (χ2v) is 7.19. The molecule has 2 rings (SSSR count). The minimum Gasteiger partial charge on any atom is -0.504 e. The molecule has 1 fully saturated rings. The van der Waals surface area contributed by atoms with E-state index in [2.05, 4.69) is 0 Å². The Balaban J connectivity index is 2.50. The molecular weight excluding hydrogens is 274 g/mol. The van der Waals surface area contributed by atoms with Crippen molar-refractivity contribution < 1.29 is 13.5 Å². The van der Waals surface area contributed by atoms with Gasteiger partial charge in [-0.15, -0.1) is 0 Å². The van der Waals surface area contributed by atoms with Crippen LogP contribution in [0.15, 0.2) is 17.0 Å². The fourth-order valence-corrected chi connectivity index (χ4v) is 4.86. The fourth-order valence-electron chi connectivity index (χ4n) is 2.37. The van der Waals surface area contributed by atoms with Gasteiger partial charge in [-0.05, 0) is 25.0 Å². The molecule has 3 N–H and O–H groups in total. The van der Waals surface area contributed by atoms with E-state index in [0.717, 1.165) is 19.3 Å². The highest BCUT2D eigenvalue weighted by Gasteiger charge is 2.33. The molecule has 1 aromatic carbocycles. The molecule has 0 heterocycles. The van der Waals surface area contributed by atoms with Gasteiger partial charge in [0.05, 0.1) is 16.0 Å². The second kappa shape index (κ2) is 4.97. The molecule has 1 aliphatic carbocycles. The Labute approximate surface area is 112 Å². The number of hydrogen-bond acceptors (Lipinski definition) is 4. The van der Waals surface area contributed by atoms with E-state index >= 15 is 0 Å². The molecule has 18 heavy (non-hydrogen) atoms. The first-order chi connectivity index (χ1) is 8.44. The molecule has 0 spiro atoms. The molecule has 1 aromatic rings. The molecule has 0 atom stereocenters. The predicted molar refractivity (Wildman–Crippen MR) is 71.6 cm³/mol. The van der Waals surface area contributed by atoms with E-state index in [4.69, 9.17) is 17.3 Å². The Morgan fingerprint density at radius 3 is 2.44 bits per heavy atom. The third-order valence-corrected chi connectivity index (χ3v) is 6.15. The van der Waals surface area contributed by atoms with E-state index in [1.165, 1.54) is 12.1 Å². The zero-order valence-electron chi connectivity index (χ0n) is 9.89. The van der Waals surface area contributed by atoms with Crippen LogP contribution in [0.25, 0.3) is 0 Å². The number of rotatable bonds is 2. The molecule has 4 nitrogen and oxygen atoms in total. The molecule has 6 heteroatoms. The quantitative estimate of drug-likeness (QED) is 0.648. The van der Waals surface area contributed by atoms with Crippen LogP contribution in [0.5, 0.6) is 5.75 Å². The van der Waals surface area contributed by atoms with Gasteiger partial charge in [0.15, 0.2) is 15.6 Å². The molecule has 0 aromatic heterocycles. The lowest BCUT2D eigenvalue weighted by atomic mass is 10.0. The highest BCUT2D eigenvalue weighted by atomic mass is 35.5. The van der Waals surface area contributed by atoms with Crippen LogP contribution >= 0.6 is 11.6 Å². The van der Waals surface area contributed by atoms with Gasteiger partial charge in [0.25, 0.3) is 0 Å². The molecular formula is C12H16ClNO3S. The number of nitrogens with two attached hydrogens (primary N) is 1. The standard InChI is InChI=1S/C12H16ClNO3S/c13-9-6-7-10(14)11(15)12(9)18(16,17)8-4-2-1-3-5-8/h6-8,15H,1-5,14H2. The first-order valence-corrected chi connectivity index (χ1v) is 7.88. The fraction of sp³-hybridized carbons (Fsp3) is 0.500. The number of benzene rings is 1. The zero-order chi connectivity index (χ0) is 13.3. The minimum atomic E-state index is -3.61. The number of sulfone groups is 1. The van der Waals surface area contributed by atoms with Gasteiger partial charge in [0, 0.05) is 0 Å². The smallest absolute Gasteiger partial charge is 0.186 e. The summed E-state index contributed by atoms with van der Waals surface area (Å²) in [5.41, 5.74) is 5.58. The third-order valence-electron chi connectivity index (χ3n) is 3.39. The second-order valence-electron chi connectivity index (χ2n) is 4.62. The summed E-state index contributed by atoms with van der Waals surface area (Å²) in [5.74, 6) is -0.423. The average Bonchev–Trinajstić information content (AvgIpc) is 2.35. The van der Waals surface area contributed by atoms with Crippen LogP contribution in [0.1, 0.15) is 32.1 Å². The Hall–Kier alpha value is -0.940. The molecule has 0 saturated heterocycles. The molecule has 0 bridgehead atoms. The van der Waals surface area contributed by atoms with Crippen LogP contribution in [0.4, 0.5) is 5.69 Å². The number of hydrogen-bond donors (Lipinski definition) is 2. The van der Waals surface area contributed by atoms with Crippen molar-refractivity contribution in [1.29, 1.82) is 0 Å². The Kier molecular flexibility index (Phi) is 3.73. The summed E-state index contributed by atoms with van der Waals surface area (Å²) in [5, 5.41) is 9.43. The van der Waals surface area contributed by atoms with Gasteiger partial charge in [0.2, 0.25) is 0 Å². The monoisotopic (exact) mass is 289 g/mol. The zero-order valence-corrected chi connectivity index (χ0v) is 11.5. The lowest BCUT2D eigenvalue weighted by Gasteiger charge is -2.23. The SMILES string of the molecule is Nc1ccc(Cl)c(S(=O)(=O)C2CCCCC2)c1O. The average molecular weight is 290 g/mol. The van der Waals surface area contributed by atoms with Gasteiger partial charge in [-0.3, -0.25) is 0 Å². The molecule has 0 unspecified atom stereocenters. The molecule has 0 radical (unpaired) electrons. The van der Waals surface area contributed by atoms with Gasteiger partial charge in [-0.2, -0.15) is 0 Å². The third kappa shape index (κ3) is 2.29. The summed E-state index contributed by atoms with van der Waals surface area (Å²) < 4.78 is 25.0. The largest absolute Gasteiger partial charge is 0.504 e.